The predicted molar refractivity (Wildman–Crippen MR) is 87.9 cm³/mol. The maximum atomic E-state index is 12.4. The van der Waals surface area contributed by atoms with Crippen LogP contribution in [0.4, 0.5) is 0 Å². The lowest BCUT2D eigenvalue weighted by Crippen LogP contribution is -2.45. The number of amides is 2. The van der Waals surface area contributed by atoms with Crippen molar-refractivity contribution in [2.45, 2.75) is 38.8 Å². The van der Waals surface area contributed by atoms with Crippen molar-refractivity contribution in [3.05, 3.63) is 60.1 Å². The highest BCUT2D eigenvalue weighted by Crippen LogP contribution is 2.18. The fraction of sp³-hybridized carbons (Fsp3) is 0.333. The summed E-state index contributed by atoms with van der Waals surface area (Å²) in [6.45, 7) is 3.74. The summed E-state index contributed by atoms with van der Waals surface area (Å²) in [6.07, 6.45) is 4.57. The van der Waals surface area contributed by atoms with Gasteiger partial charge in [0.25, 0.3) is 5.91 Å². The largest absolute Gasteiger partial charge is 0.472 e. The van der Waals surface area contributed by atoms with E-state index in [0.717, 1.165) is 18.4 Å². The summed E-state index contributed by atoms with van der Waals surface area (Å²) in [7, 11) is 0. The molecular formula is C18H22N2O3. The summed E-state index contributed by atoms with van der Waals surface area (Å²) in [5, 5.41) is 5.68. The maximum absolute atomic E-state index is 12.4. The van der Waals surface area contributed by atoms with E-state index in [1.165, 1.54) is 12.5 Å². The fourth-order valence-corrected chi connectivity index (χ4v) is 2.33. The molecule has 2 atom stereocenters. The van der Waals surface area contributed by atoms with Gasteiger partial charge in [-0.2, -0.15) is 0 Å². The Hall–Kier alpha value is -2.56. The SMILES string of the molecule is CCC[C@@H](NC(=O)[C@@H](C)NC(=O)c1ccoc1)c1ccccc1. The van der Waals surface area contributed by atoms with Crippen LogP contribution in [-0.2, 0) is 4.79 Å². The third-order valence-electron chi connectivity index (χ3n) is 3.62. The van der Waals surface area contributed by atoms with E-state index >= 15 is 0 Å². The van der Waals surface area contributed by atoms with Crippen molar-refractivity contribution in [2.24, 2.45) is 0 Å². The molecule has 122 valence electrons. The van der Waals surface area contributed by atoms with Crippen LogP contribution in [0.2, 0.25) is 0 Å². The molecule has 1 aromatic carbocycles. The standard InChI is InChI=1S/C18H22N2O3/c1-3-7-16(14-8-5-4-6-9-14)20-17(21)13(2)19-18(22)15-10-11-23-12-15/h4-6,8-13,16H,3,7H2,1-2H3,(H,19,22)(H,20,21)/t13-,16-/m1/s1. The van der Waals surface area contributed by atoms with E-state index in [4.69, 9.17) is 4.42 Å². The molecule has 0 fully saturated rings. The first-order valence-corrected chi connectivity index (χ1v) is 7.80. The van der Waals surface area contributed by atoms with Gasteiger partial charge < -0.3 is 15.1 Å². The van der Waals surface area contributed by atoms with Gasteiger partial charge in [0, 0.05) is 0 Å². The van der Waals surface area contributed by atoms with Crippen molar-refractivity contribution in [3.8, 4) is 0 Å². The molecule has 0 aliphatic carbocycles. The Morgan fingerprint density at radius 1 is 1.13 bits per heavy atom. The maximum Gasteiger partial charge on any atom is 0.255 e. The minimum absolute atomic E-state index is 0.0537. The van der Waals surface area contributed by atoms with Gasteiger partial charge in [0.1, 0.15) is 12.3 Å². The molecule has 5 heteroatoms. The number of carbonyl (C=O) groups excluding carboxylic acids is 2. The molecule has 0 spiro atoms. The Morgan fingerprint density at radius 2 is 1.87 bits per heavy atom. The molecule has 0 radical (unpaired) electrons. The molecule has 1 heterocycles. The Morgan fingerprint density at radius 3 is 2.48 bits per heavy atom. The van der Waals surface area contributed by atoms with Crippen LogP contribution in [0.3, 0.4) is 0 Å². The van der Waals surface area contributed by atoms with Gasteiger partial charge in [0.15, 0.2) is 0 Å². The van der Waals surface area contributed by atoms with E-state index in [-0.39, 0.29) is 17.9 Å². The number of hydrogen-bond donors (Lipinski definition) is 2. The van der Waals surface area contributed by atoms with E-state index in [9.17, 15) is 9.59 Å². The summed E-state index contributed by atoms with van der Waals surface area (Å²) in [6, 6.07) is 10.7. The highest BCUT2D eigenvalue weighted by molar-refractivity contribution is 5.97. The molecule has 2 rings (SSSR count). The second-order valence-corrected chi connectivity index (χ2v) is 5.47. The fourth-order valence-electron chi connectivity index (χ4n) is 2.33. The van der Waals surface area contributed by atoms with Gasteiger partial charge in [0.2, 0.25) is 5.91 Å². The molecule has 2 aromatic rings. The van der Waals surface area contributed by atoms with Crippen molar-refractivity contribution in [3.63, 3.8) is 0 Å². The number of carbonyl (C=O) groups is 2. The molecule has 0 bridgehead atoms. The Labute approximate surface area is 136 Å². The normalized spacial score (nSPS) is 13.1. The lowest BCUT2D eigenvalue weighted by Gasteiger charge is -2.21. The number of nitrogens with one attached hydrogen (secondary N) is 2. The van der Waals surface area contributed by atoms with E-state index in [1.54, 1.807) is 13.0 Å². The summed E-state index contributed by atoms with van der Waals surface area (Å²) in [5.74, 6) is -0.530. The molecule has 0 aliphatic rings. The molecule has 0 aliphatic heterocycles. The summed E-state index contributed by atoms with van der Waals surface area (Å²) >= 11 is 0. The Kier molecular flexibility index (Phi) is 5.97. The second kappa shape index (κ2) is 8.17. The molecule has 2 N–H and O–H groups in total. The van der Waals surface area contributed by atoms with Gasteiger partial charge in [0.05, 0.1) is 17.9 Å². The smallest absolute Gasteiger partial charge is 0.255 e. The number of rotatable bonds is 7. The van der Waals surface area contributed by atoms with Crippen LogP contribution in [0.5, 0.6) is 0 Å². The monoisotopic (exact) mass is 314 g/mol. The van der Waals surface area contributed by atoms with Crippen molar-refractivity contribution in [2.75, 3.05) is 0 Å². The molecule has 0 unspecified atom stereocenters. The lowest BCUT2D eigenvalue weighted by atomic mass is 10.0. The zero-order valence-corrected chi connectivity index (χ0v) is 13.4. The molecule has 2 amide bonds. The quantitative estimate of drug-likeness (QED) is 0.825. The first-order chi connectivity index (χ1) is 11.1. The van der Waals surface area contributed by atoms with Crippen molar-refractivity contribution < 1.29 is 14.0 Å². The van der Waals surface area contributed by atoms with Gasteiger partial charge >= 0.3 is 0 Å². The van der Waals surface area contributed by atoms with Crippen LogP contribution >= 0.6 is 0 Å². The number of furan rings is 1. The highest BCUT2D eigenvalue weighted by atomic mass is 16.3. The van der Waals surface area contributed by atoms with Crippen LogP contribution in [0.25, 0.3) is 0 Å². The van der Waals surface area contributed by atoms with E-state index in [0.29, 0.717) is 5.56 Å². The first-order valence-electron chi connectivity index (χ1n) is 7.80. The third-order valence-corrected chi connectivity index (χ3v) is 3.62. The Bertz CT molecular complexity index is 623. The van der Waals surface area contributed by atoms with Crippen molar-refractivity contribution in [1.29, 1.82) is 0 Å². The second-order valence-electron chi connectivity index (χ2n) is 5.47. The van der Waals surface area contributed by atoms with Crippen LogP contribution in [0.15, 0.2) is 53.3 Å². The van der Waals surface area contributed by atoms with Gasteiger partial charge in [-0.05, 0) is 25.0 Å². The summed E-state index contributed by atoms with van der Waals surface area (Å²) < 4.78 is 4.87. The average Bonchev–Trinajstić information content (AvgIpc) is 3.09. The van der Waals surface area contributed by atoms with E-state index in [1.807, 2.05) is 30.3 Å². The lowest BCUT2D eigenvalue weighted by molar-refractivity contribution is -0.123. The van der Waals surface area contributed by atoms with Crippen LogP contribution in [0, 0.1) is 0 Å². The van der Waals surface area contributed by atoms with Gasteiger partial charge in [-0.25, -0.2) is 0 Å². The van der Waals surface area contributed by atoms with E-state index in [2.05, 4.69) is 17.6 Å². The number of benzene rings is 1. The Balaban J connectivity index is 1.96. The molecule has 1 aromatic heterocycles. The zero-order valence-electron chi connectivity index (χ0n) is 13.4. The van der Waals surface area contributed by atoms with E-state index < -0.39 is 6.04 Å². The number of hydrogen-bond acceptors (Lipinski definition) is 3. The highest BCUT2D eigenvalue weighted by Gasteiger charge is 2.20. The molecule has 5 nitrogen and oxygen atoms in total. The predicted octanol–water partition coefficient (Wildman–Crippen LogP) is 3.06. The molecule has 0 saturated heterocycles. The van der Waals surface area contributed by atoms with Crippen molar-refractivity contribution in [1.82, 2.24) is 10.6 Å². The molecule has 23 heavy (non-hydrogen) atoms. The zero-order chi connectivity index (χ0) is 16.7. The molecular weight excluding hydrogens is 292 g/mol. The van der Waals surface area contributed by atoms with Crippen LogP contribution < -0.4 is 10.6 Å². The minimum atomic E-state index is -0.625. The van der Waals surface area contributed by atoms with Gasteiger partial charge in [-0.1, -0.05) is 43.7 Å². The summed E-state index contributed by atoms with van der Waals surface area (Å²) in [4.78, 5) is 24.3. The topological polar surface area (TPSA) is 71.3 Å². The first kappa shape index (κ1) is 16.8. The summed E-state index contributed by atoms with van der Waals surface area (Å²) in [5.41, 5.74) is 1.47. The van der Waals surface area contributed by atoms with Crippen LogP contribution in [-0.4, -0.2) is 17.9 Å². The molecule has 0 saturated carbocycles. The minimum Gasteiger partial charge on any atom is -0.472 e. The van der Waals surface area contributed by atoms with Crippen molar-refractivity contribution >= 4 is 11.8 Å². The average molecular weight is 314 g/mol. The van der Waals surface area contributed by atoms with Gasteiger partial charge in [-0.15, -0.1) is 0 Å². The van der Waals surface area contributed by atoms with Crippen LogP contribution in [0.1, 0.15) is 48.7 Å². The van der Waals surface area contributed by atoms with Gasteiger partial charge in [-0.3, -0.25) is 9.59 Å². The third kappa shape index (κ3) is 4.71.